The highest BCUT2D eigenvalue weighted by Crippen LogP contribution is 2.15. The first-order valence-electron chi connectivity index (χ1n) is 8.25. The summed E-state index contributed by atoms with van der Waals surface area (Å²) in [7, 11) is 0. The number of hydrogen-bond donors (Lipinski definition) is 1. The number of likely N-dealkylation sites (tertiary alicyclic amines) is 1. The molecule has 0 saturated carbocycles. The minimum Gasteiger partial charge on any atom is -0.459 e. The topological polar surface area (TPSA) is 62.6 Å². The van der Waals surface area contributed by atoms with Crippen molar-refractivity contribution < 1.29 is 14.0 Å². The van der Waals surface area contributed by atoms with Gasteiger partial charge in [0.2, 0.25) is 0 Å². The second-order valence-electron chi connectivity index (χ2n) is 6.39. The Bertz CT molecular complexity index is 709. The molecule has 0 atom stereocenters. The summed E-state index contributed by atoms with van der Waals surface area (Å²) in [5.41, 5.74) is 2.86. The van der Waals surface area contributed by atoms with Gasteiger partial charge < -0.3 is 14.6 Å². The lowest BCUT2D eigenvalue weighted by Gasteiger charge is -2.32. The van der Waals surface area contributed by atoms with Crippen molar-refractivity contribution >= 4 is 11.8 Å². The molecule has 24 heavy (non-hydrogen) atoms. The minimum atomic E-state index is -0.0842. The van der Waals surface area contributed by atoms with E-state index in [2.05, 4.69) is 11.4 Å². The fourth-order valence-electron chi connectivity index (χ4n) is 3.16. The minimum absolute atomic E-state index is 0.0439. The Morgan fingerprint density at radius 1 is 1.12 bits per heavy atom. The molecule has 3 rings (SSSR count). The number of nitrogens with zero attached hydrogens (tertiary/aromatic N) is 1. The third-order valence-corrected chi connectivity index (χ3v) is 4.33. The van der Waals surface area contributed by atoms with Crippen LogP contribution in [0.2, 0.25) is 0 Å². The van der Waals surface area contributed by atoms with Crippen LogP contribution in [0.1, 0.15) is 44.9 Å². The number of hydrogen-bond acceptors (Lipinski definition) is 3. The highest BCUT2D eigenvalue weighted by atomic mass is 16.3. The number of rotatable bonds is 3. The lowest BCUT2D eigenvalue weighted by atomic mass is 10.0. The highest BCUT2D eigenvalue weighted by molar-refractivity contribution is 5.95. The highest BCUT2D eigenvalue weighted by Gasteiger charge is 2.26. The van der Waals surface area contributed by atoms with Gasteiger partial charge in [0, 0.05) is 24.7 Å². The number of piperidine rings is 1. The zero-order valence-electron chi connectivity index (χ0n) is 14.0. The van der Waals surface area contributed by atoms with Crippen LogP contribution in [-0.4, -0.2) is 35.8 Å². The van der Waals surface area contributed by atoms with Crippen molar-refractivity contribution in [3.05, 3.63) is 59.0 Å². The van der Waals surface area contributed by atoms with Crippen molar-refractivity contribution in [2.75, 3.05) is 13.1 Å². The molecule has 0 spiro atoms. The van der Waals surface area contributed by atoms with E-state index in [0.29, 0.717) is 24.4 Å². The average Bonchev–Trinajstić information content (AvgIpc) is 3.08. The van der Waals surface area contributed by atoms with E-state index in [1.54, 1.807) is 17.0 Å². The second-order valence-corrected chi connectivity index (χ2v) is 6.39. The average molecular weight is 326 g/mol. The van der Waals surface area contributed by atoms with Gasteiger partial charge in [-0.3, -0.25) is 9.59 Å². The summed E-state index contributed by atoms with van der Waals surface area (Å²) in [6.45, 7) is 5.22. The Morgan fingerprint density at radius 2 is 1.79 bits per heavy atom. The lowest BCUT2D eigenvalue weighted by molar-refractivity contribution is 0.0667. The largest absolute Gasteiger partial charge is 0.459 e. The summed E-state index contributed by atoms with van der Waals surface area (Å²) in [6.07, 6.45) is 3.01. The molecule has 0 radical (unpaired) electrons. The van der Waals surface area contributed by atoms with Crippen LogP contribution in [0.4, 0.5) is 0 Å². The first-order valence-corrected chi connectivity index (χ1v) is 8.25. The molecule has 1 aliphatic heterocycles. The number of carbonyl (C=O) groups is 2. The van der Waals surface area contributed by atoms with Gasteiger partial charge in [-0.2, -0.15) is 0 Å². The van der Waals surface area contributed by atoms with Crippen LogP contribution in [0, 0.1) is 13.8 Å². The number of nitrogens with one attached hydrogen (secondary N) is 1. The molecule has 1 aromatic carbocycles. The van der Waals surface area contributed by atoms with Crippen LogP contribution >= 0.6 is 0 Å². The monoisotopic (exact) mass is 326 g/mol. The van der Waals surface area contributed by atoms with E-state index in [1.165, 1.54) is 6.26 Å². The molecule has 5 nitrogen and oxygen atoms in total. The molecule has 5 heteroatoms. The number of furan rings is 1. The van der Waals surface area contributed by atoms with Crippen LogP contribution in [0.5, 0.6) is 0 Å². The lowest BCUT2D eigenvalue weighted by Crippen LogP contribution is -2.46. The molecule has 2 aromatic rings. The standard InChI is InChI=1S/C19H22N2O3/c1-13-10-14(2)12-15(11-13)18(22)20-16-5-7-21(8-6-16)19(23)17-4-3-9-24-17/h3-4,9-12,16H,5-8H2,1-2H3,(H,20,22). The SMILES string of the molecule is Cc1cc(C)cc(C(=O)NC2CCN(C(=O)c3ccco3)CC2)c1. The van der Waals surface area contributed by atoms with Crippen LogP contribution < -0.4 is 5.32 Å². The second kappa shape index (κ2) is 6.91. The third kappa shape index (κ3) is 3.67. The summed E-state index contributed by atoms with van der Waals surface area (Å²) in [5.74, 6) is 0.240. The van der Waals surface area contributed by atoms with E-state index < -0.39 is 0 Å². The number of aryl methyl sites for hydroxylation is 2. The van der Waals surface area contributed by atoms with Gasteiger partial charge >= 0.3 is 0 Å². The van der Waals surface area contributed by atoms with Crippen LogP contribution in [0.3, 0.4) is 0 Å². The van der Waals surface area contributed by atoms with E-state index in [1.807, 2.05) is 26.0 Å². The van der Waals surface area contributed by atoms with Crippen LogP contribution in [0.25, 0.3) is 0 Å². The molecule has 1 aromatic heterocycles. The fraction of sp³-hybridized carbons (Fsp3) is 0.368. The summed E-state index contributed by atoms with van der Waals surface area (Å²) in [5, 5.41) is 3.08. The van der Waals surface area contributed by atoms with Crippen LogP contribution in [-0.2, 0) is 0 Å². The van der Waals surface area contributed by atoms with Gasteiger partial charge in [-0.15, -0.1) is 0 Å². The first kappa shape index (κ1) is 16.3. The van der Waals surface area contributed by atoms with Crippen molar-refractivity contribution in [2.24, 2.45) is 0 Å². The number of carbonyl (C=O) groups excluding carboxylic acids is 2. The van der Waals surface area contributed by atoms with E-state index in [9.17, 15) is 9.59 Å². The summed E-state index contributed by atoms with van der Waals surface area (Å²) >= 11 is 0. The number of benzene rings is 1. The van der Waals surface area contributed by atoms with Gasteiger partial charge in [-0.1, -0.05) is 17.2 Å². The van der Waals surface area contributed by atoms with Gasteiger partial charge in [0.1, 0.15) is 0 Å². The molecule has 126 valence electrons. The van der Waals surface area contributed by atoms with Crippen molar-refractivity contribution in [3.63, 3.8) is 0 Å². The normalized spacial score (nSPS) is 15.3. The summed E-state index contributed by atoms with van der Waals surface area (Å²) in [4.78, 5) is 26.4. The first-order chi connectivity index (χ1) is 11.5. The van der Waals surface area contributed by atoms with Gasteiger partial charge in [-0.05, 0) is 51.0 Å². The van der Waals surface area contributed by atoms with Gasteiger partial charge in [0.05, 0.1) is 6.26 Å². The van der Waals surface area contributed by atoms with Crippen molar-refractivity contribution in [3.8, 4) is 0 Å². The summed E-state index contributed by atoms with van der Waals surface area (Å²) < 4.78 is 5.16. The van der Waals surface area contributed by atoms with E-state index in [-0.39, 0.29) is 17.9 Å². The van der Waals surface area contributed by atoms with Gasteiger partial charge in [0.25, 0.3) is 11.8 Å². The van der Waals surface area contributed by atoms with Crippen molar-refractivity contribution in [1.82, 2.24) is 10.2 Å². The molecule has 0 bridgehead atoms. The van der Waals surface area contributed by atoms with E-state index in [4.69, 9.17) is 4.42 Å². The van der Waals surface area contributed by atoms with Crippen molar-refractivity contribution in [1.29, 1.82) is 0 Å². The summed E-state index contributed by atoms with van der Waals surface area (Å²) in [6, 6.07) is 9.34. The zero-order valence-corrected chi connectivity index (χ0v) is 14.0. The maximum Gasteiger partial charge on any atom is 0.289 e. The van der Waals surface area contributed by atoms with Gasteiger partial charge in [-0.25, -0.2) is 0 Å². The Kier molecular flexibility index (Phi) is 4.69. The van der Waals surface area contributed by atoms with Crippen molar-refractivity contribution in [2.45, 2.75) is 32.7 Å². The molecule has 0 aliphatic carbocycles. The molecule has 2 heterocycles. The van der Waals surface area contributed by atoms with Gasteiger partial charge in [0.15, 0.2) is 5.76 Å². The number of amides is 2. The molecular weight excluding hydrogens is 304 g/mol. The zero-order chi connectivity index (χ0) is 17.1. The van der Waals surface area contributed by atoms with E-state index >= 15 is 0 Å². The predicted octanol–water partition coefficient (Wildman–Crippen LogP) is 2.93. The molecular formula is C19H22N2O3. The third-order valence-electron chi connectivity index (χ3n) is 4.33. The predicted molar refractivity (Wildman–Crippen MR) is 91.0 cm³/mol. The molecule has 1 saturated heterocycles. The molecule has 1 N–H and O–H groups in total. The quantitative estimate of drug-likeness (QED) is 0.943. The fourth-order valence-corrected chi connectivity index (χ4v) is 3.16. The maximum absolute atomic E-state index is 12.4. The molecule has 2 amide bonds. The molecule has 1 fully saturated rings. The molecule has 0 unspecified atom stereocenters. The molecule has 1 aliphatic rings. The Balaban J connectivity index is 1.55. The Labute approximate surface area is 141 Å². The van der Waals surface area contributed by atoms with E-state index in [0.717, 1.165) is 24.0 Å². The Morgan fingerprint density at radius 3 is 2.38 bits per heavy atom. The maximum atomic E-state index is 12.4. The Hall–Kier alpha value is -2.56. The smallest absolute Gasteiger partial charge is 0.289 e. The van der Waals surface area contributed by atoms with Crippen LogP contribution in [0.15, 0.2) is 41.0 Å².